The Morgan fingerprint density at radius 3 is 2.41 bits per heavy atom. The third kappa shape index (κ3) is 2.14. The molecule has 0 N–H and O–H groups in total. The minimum absolute atomic E-state index is 0.236. The van der Waals surface area contributed by atoms with Gasteiger partial charge in [0.2, 0.25) is 0 Å². The van der Waals surface area contributed by atoms with Crippen molar-refractivity contribution in [3.63, 3.8) is 0 Å². The Labute approximate surface area is 166 Å². The summed E-state index contributed by atoms with van der Waals surface area (Å²) >= 11 is 0. The molecule has 1 atom stereocenters. The smallest absolute Gasteiger partial charge is 0.257 e. The van der Waals surface area contributed by atoms with E-state index in [2.05, 4.69) is 59.0 Å². The molecular weight excluding hydrogens is 360 g/mol. The summed E-state index contributed by atoms with van der Waals surface area (Å²) < 4.78 is 2.31. The SMILES string of the molecule is O=[N+]([O-])C1C=CC=CC=C1c1ccc2c(c1)c1cccc3c4ccccc4n2c31. The van der Waals surface area contributed by atoms with Gasteiger partial charge in [0.25, 0.3) is 6.04 Å². The highest BCUT2D eigenvalue weighted by atomic mass is 16.6. The van der Waals surface area contributed by atoms with E-state index in [4.69, 9.17) is 0 Å². The molecule has 1 unspecified atom stereocenters. The lowest BCUT2D eigenvalue weighted by Gasteiger charge is -2.10. The molecule has 138 valence electrons. The standard InChI is InChI=1S/C25H16N2O2/c28-27(29)24-12-3-1-2-7-17(24)16-13-14-23-21(15-16)20-10-6-9-19-18-8-4-5-11-22(18)26(23)25(19)20/h1-15,24H. The van der Waals surface area contributed by atoms with Crippen molar-refractivity contribution in [1.82, 2.24) is 4.40 Å². The van der Waals surface area contributed by atoms with E-state index in [0.717, 1.165) is 16.5 Å². The molecular formula is C25H16N2O2. The van der Waals surface area contributed by atoms with Gasteiger partial charge in [0.15, 0.2) is 0 Å². The summed E-state index contributed by atoms with van der Waals surface area (Å²) in [5.74, 6) is 0. The van der Waals surface area contributed by atoms with Gasteiger partial charge in [0, 0.05) is 32.0 Å². The van der Waals surface area contributed by atoms with E-state index >= 15 is 0 Å². The highest BCUT2D eigenvalue weighted by molar-refractivity contribution is 6.23. The summed E-state index contributed by atoms with van der Waals surface area (Å²) in [5, 5.41) is 16.4. The Morgan fingerprint density at radius 2 is 1.55 bits per heavy atom. The average Bonchev–Trinajstić information content (AvgIpc) is 3.12. The van der Waals surface area contributed by atoms with Crippen molar-refractivity contribution in [2.45, 2.75) is 6.04 Å². The molecule has 4 heteroatoms. The van der Waals surface area contributed by atoms with Crippen molar-refractivity contribution in [2.75, 3.05) is 0 Å². The van der Waals surface area contributed by atoms with Crippen LogP contribution in [0.25, 0.3) is 43.7 Å². The fourth-order valence-electron chi connectivity index (χ4n) is 4.66. The first-order valence-corrected chi connectivity index (χ1v) is 9.60. The fourth-order valence-corrected chi connectivity index (χ4v) is 4.66. The quantitative estimate of drug-likeness (QED) is 0.281. The summed E-state index contributed by atoms with van der Waals surface area (Å²) in [6, 6.07) is 20.2. The number of aromatic nitrogens is 1. The van der Waals surface area contributed by atoms with Crippen LogP contribution in [0.1, 0.15) is 5.56 Å². The number of benzene rings is 3. The van der Waals surface area contributed by atoms with Crippen LogP contribution < -0.4 is 0 Å². The lowest BCUT2D eigenvalue weighted by Crippen LogP contribution is -2.18. The van der Waals surface area contributed by atoms with Crippen LogP contribution in [0, 0.1) is 10.1 Å². The van der Waals surface area contributed by atoms with Gasteiger partial charge in [0.1, 0.15) is 0 Å². The Bertz CT molecular complexity index is 1540. The first kappa shape index (κ1) is 16.1. The van der Waals surface area contributed by atoms with E-state index in [1.807, 2.05) is 24.3 Å². The number of hydrogen-bond donors (Lipinski definition) is 0. The summed E-state index contributed by atoms with van der Waals surface area (Å²) in [5.41, 5.74) is 5.11. The lowest BCUT2D eigenvalue weighted by atomic mass is 9.96. The molecule has 0 fully saturated rings. The summed E-state index contributed by atoms with van der Waals surface area (Å²) in [4.78, 5) is 11.4. The van der Waals surface area contributed by atoms with Crippen LogP contribution in [0.4, 0.5) is 0 Å². The zero-order valence-electron chi connectivity index (χ0n) is 15.4. The van der Waals surface area contributed by atoms with Crippen molar-refractivity contribution in [2.24, 2.45) is 0 Å². The van der Waals surface area contributed by atoms with E-state index < -0.39 is 6.04 Å². The first-order chi connectivity index (χ1) is 14.2. The molecule has 5 aromatic rings. The number of allylic oxidation sites excluding steroid dienone is 4. The van der Waals surface area contributed by atoms with E-state index in [-0.39, 0.29) is 4.92 Å². The molecule has 1 aliphatic rings. The second kappa shape index (κ2) is 5.79. The number of nitrogens with zero attached hydrogens (tertiary/aromatic N) is 2. The minimum Gasteiger partial charge on any atom is -0.308 e. The first-order valence-electron chi connectivity index (χ1n) is 9.60. The van der Waals surface area contributed by atoms with Gasteiger partial charge in [0.05, 0.1) is 16.6 Å². The predicted octanol–water partition coefficient (Wildman–Crippen LogP) is 5.99. The van der Waals surface area contributed by atoms with Crippen molar-refractivity contribution in [3.8, 4) is 0 Å². The van der Waals surface area contributed by atoms with Gasteiger partial charge in [-0.2, -0.15) is 0 Å². The molecule has 0 amide bonds. The van der Waals surface area contributed by atoms with Crippen LogP contribution in [-0.4, -0.2) is 15.4 Å². The van der Waals surface area contributed by atoms with Gasteiger partial charge in [-0.15, -0.1) is 0 Å². The molecule has 2 heterocycles. The van der Waals surface area contributed by atoms with Crippen molar-refractivity contribution < 1.29 is 4.92 Å². The molecule has 2 aromatic heterocycles. The van der Waals surface area contributed by atoms with E-state index in [0.29, 0.717) is 5.57 Å². The largest absolute Gasteiger partial charge is 0.308 e. The lowest BCUT2D eigenvalue weighted by molar-refractivity contribution is -0.493. The average molecular weight is 376 g/mol. The molecule has 0 saturated heterocycles. The maximum absolute atomic E-state index is 11.6. The van der Waals surface area contributed by atoms with Gasteiger partial charge in [-0.25, -0.2) is 0 Å². The normalized spacial score (nSPS) is 16.8. The third-order valence-corrected chi connectivity index (χ3v) is 5.89. The highest BCUT2D eigenvalue weighted by Crippen LogP contribution is 2.39. The third-order valence-electron chi connectivity index (χ3n) is 5.89. The number of fused-ring (bicyclic) bond motifs is 6. The van der Waals surface area contributed by atoms with Crippen LogP contribution in [-0.2, 0) is 0 Å². The Morgan fingerprint density at radius 1 is 0.793 bits per heavy atom. The fraction of sp³-hybridized carbons (Fsp3) is 0.0400. The molecule has 0 radical (unpaired) electrons. The molecule has 0 saturated carbocycles. The van der Waals surface area contributed by atoms with Gasteiger partial charge >= 0.3 is 0 Å². The van der Waals surface area contributed by atoms with Gasteiger partial charge < -0.3 is 4.40 Å². The van der Waals surface area contributed by atoms with Crippen LogP contribution in [0.2, 0.25) is 0 Å². The zero-order valence-corrected chi connectivity index (χ0v) is 15.4. The van der Waals surface area contributed by atoms with Crippen molar-refractivity contribution in [3.05, 3.63) is 107 Å². The Hall–Kier alpha value is -3.92. The van der Waals surface area contributed by atoms with Gasteiger partial charge in [-0.1, -0.05) is 66.8 Å². The Kier molecular flexibility index (Phi) is 3.21. The zero-order chi connectivity index (χ0) is 19.5. The monoisotopic (exact) mass is 376 g/mol. The molecule has 4 nitrogen and oxygen atoms in total. The molecule has 0 aliphatic heterocycles. The van der Waals surface area contributed by atoms with Crippen molar-refractivity contribution in [1.29, 1.82) is 0 Å². The van der Waals surface area contributed by atoms with E-state index in [9.17, 15) is 10.1 Å². The predicted molar refractivity (Wildman–Crippen MR) is 118 cm³/mol. The maximum atomic E-state index is 11.6. The molecule has 3 aromatic carbocycles. The number of para-hydroxylation sites is 2. The van der Waals surface area contributed by atoms with Crippen LogP contribution >= 0.6 is 0 Å². The van der Waals surface area contributed by atoms with Crippen LogP contribution in [0.15, 0.2) is 91.0 Å². The Balaban J connectivity index is 1.69. The molecule has 29 heavy (non-hydrogen) atoms. The second-order valence-electron chi connectivity index (χ2n) is 7.41. The number of hydrogen-bond acceptors (Lipinski definition) is 2. The topological polar surface area (TPSA) is 47.5 Å². The minimum atomic E-state index is -0.847. The van der Waals surface area contributed by atoms with Gasteiger partial charge in [-0.3, -0.25) is 10.1 Å². The van der Waals surface area contributed by atoms with Crippen molar-refractivity contribution >= 4 is 43.7 Å². The molecule has 1 aliphatic carbocycles. The number of nitro groups is 1. The van der Waals surface area contributed by atoms with E-state index in [1.165, 1.54) is 27.2 Å². The maximum Gasteiger partial charge on any atom is 0.257 e. The highest BCUT2D eigenvalue weighted by Gasteiger charge is 2.25. The second-order valence-corrected chi connectivity index (χ2v) is 7.41. The number of rotatable bonds is 2. The van der Waals surface area contributed by atoms with E-state index in [1.54, 1.807) is 12.2 Å². The molecule has 0 bridgehead atoms. The summed E-state index contributed by atoms with van der Waals surface area (Å²) in [6.45, 7) is 0. The molecule has 6 rings (SSSR count). The van der Waals surface area contributed by atoms with Crippen LogP contribution in [0.5, 0.6) is 0 Å². The van der Waals surface area contributed by atoms with Crippen LogP contribution in [0.3, 0.4) is 0 Å². The summed E-state index contributed by atoms with van der Waals surface area (Å²) in [6.07, 6.45) is 8.92. The summed E-state index contributed by atoms with van der Waals surface area (Å²) in [7, 11) is 0. The van der Waals surface area contributed by atoms with Gasteiger partial charge in [-0.05, 0) is 29.8 Å². The molecule has 0 spiro atoms.